The van der Waals surface area contributed by atoms with E-state index in [-0.39, 0.29) is 42.0 Å². The molecule has 0 bridgehead atoms. The number of alkyl halides is 1. The molecule has 0 unspecified atom stereocenters. The third-order valence-electron chi connectivity index (χ3n) is 0.274. The summed E-state index contributed by atoms with van der Waals surface area (Å²) in [5, 5.41) is 0. The molecule has 0 amide bonds. The summed E-state index contributed by atoms with van der Waals surface area (Å²) in [5.41, 5.74) is 0. The number of rotatable bonds is 3. The zero-order chi connectivity index (χ0) is 5.70. The molecule has 0 aliphatic carbocycles. The molecule has 0 rings (SSSR count). The Bertz CT molecular complexity index is 95.5. The van der Waals surface area contributed by atoms with E-state index in [2.05, 4.69) is 4.18 Å². The maximum atomic E-state index is 9.51. The van der Waals surface area contributed by atoms with E-state index >= 15 is 0 Å². The van der Waals surface area contributed by atoms with Crippen molar-refractivity contribution in [2.75, 3.05) is 12.5 Å². The van der Waals surface area contributed by atoms with Crippen LogP contribution in [-0.4, -0.2) is 50.5 Å². The summed E-state index contributed by atoms with van der Waals surface area (Å²) in [6.07, 6.45) is 0. The molecule has 0 fully saturated rings. The standard InChI is InChI=1S/C2H5ClO3S.Na.H/c3-1-2-6-7(4)5;;/h7H,1-2H2;;. The van der Waals surface area contributed by atoms with Crippen LogP contribution in [0.15, 0.2) is 0 Å². The van der Waals surface area contributed by atoms with Gasteiger partial charge in [-0.1, -0.05) is 0 Å². The van der Waals surface area contributed by atoms with Crippen molar-refractivity contribution in [2.24, 2.45) is 0 Å². The van der Waals surface area contributed by atoms with E-state index in [4.69, 9.17) is 11.6 Å². The molecule has 6 heteroatoms. The van der Waals surface area contributed by atoms with Crippen LogP contribution in [0.25, 0.3) is 0 Å². The van der Waals surface area contributed by atoms with Crippen LogP contribution in [0.5, 0.6) is 0 Å². The van der Waals surface area contributed by atoms with Gasteiger partial charge in [-0.25, -0.2) is 8.42 Å². The van der Waals surface area contributed by atoms with Gasteiger partial charge in [0.2, 0.25) is 0 Å². The fourth-order valence-corrected chi connectivity index (χ4v) is 0.534. The Labute approximate surface area is 76.8 Å². The third kappa shape index (κ3) is 10.2. The van der Waals surface area contributed by atoms with E-state index in [0.29, 0.717) is 0 Å². The summed E-state index contributed by atoms with van der Waals surface area (Å²) in [4.78, 5) is 0. The van der Waals surface area contributed by atoms with E-state index in [1.807, 2.05) is 0 Å². The second kappa shape index (κ2) is 8.20. The predicted molar refractivity (Wildman–Crippen MR) is 34.1 cm³/mol. The Hall–Kier alpha value is 1.20. The first-order valence-corrected chi connectivity index (χ1v) is 3.23. The molecular formula is C2H6ClNaO3S. The van der Waals surface area contributed by atoms with Gasteiger partial charge in [-0.2, -0.15) is 0 Å². The van der Waals surface area contributed by atoms with Gasteiger partial charge in [-0.15, -0.1) is 11.6 Å². The third-order valence-corrected chi connectivity index (χ3v) is 0.822. The fraction of sp³-hybridized carbons (Fsp3) is 1.00. The summed E-state index contributed by atoms with van der Waals surface area (Å²) in [6, 6.07) is 0. The minimum atomic E-state index is -2.69. The summed E-state index contributed by atoms with van der Waals surface area (Å²) in [5.74, 6) is 0.212. The minimum absolute atomic E-state index is 0. The van der Waals surface area contributed by atoms with Gasteiger partial charge in [0.05, 0.1) is 6.61 Å². The average Bonchev–Trinajstić information content (AvgIpc) is 1.61. The molecule has 8 heavy (non-hydrogen) atoms. The Morgan fingerprint density at radius 1 is 1.50 bits per heavy atom. The number of hydrogen-bond acceptors (Lipinski definition) is 3. The Morgan fingerprint density at radius 2 is 2.00 bits per heavy atom. The summed E-state index contributed by atoms with van der Waals surface area (Å²) in [7, 11) is -2.69. The van der Waals surface area contributed by atoms with Gasteiger partial charge in [0, 0.05) is 5.88 Å². The molecule has 0 radical (unpaired) electrons. The molecule has 0 saturated carbocycles. The molecule has 0 aromatic heterocycles. The van der Waals surface area contributed by atoms with Crippen molar-refractivity contribution in [1.29, 1.82) is 0 Å². The normalized spacial score (nSPS) is 8.75. The molecule has 3 nitrogen and oxygen atoms in total. The molecule has 0 heterocycles. The monoisotopic (exact) mass is 168 g/mol. The first-order valence-electron chi connectivity index (χ1n) is 1.60. The van der Waals surface area contributed by atoms with Crippen molar-refractivity contribution >= 4 is 52.1 Å². The number of halogens is 1. The van der Waals surface area contributed by atoms with Crippen LogP contribution in [-0.2, 0) is 15.2 Å². The molecule has 0 N–H and O–H groups in total. The van der Waals surface area contributed by atoms with E-state index in [9.17, 15) is 8.42 Å². The quantitative estimate of drug-likeness (QED) is 0.338. The SMILES string of the molecule is O=[SH](=O)OCCCl.[NaH]. The number of hydrogen-bond donors (Lipinski definition) is 1. The molecule has 0 aliphatic heterocycles. The molecule has 0 aromatic rings. The fourth-order valence-electron chi connectivity index (χ4n) is 0.109. The van der Waals surface area contributed by atoms with E-state index in [0.717, 1.165) is 0 Å². The zero-order valence-electron chi connectivity index (χ0n) is 3.46. The van der Waals surface area contributed by atoms with Gasteiger partial charge >= 0.3 is 29.6 Å². The van der Waals surface area contributed by atoms with E-state index < -0.39 is 11.0 Å². The van der Waals surface area contributed by atoms with Crippen molar-refractivity contribution in [3.05, 3.63) is 0 Å². The summed E-state index contributed by atoms with van der Waals surface area (Å²) in [6.45, 7) is 0.0697. The van der Waals surface area contributed by atoms with Crippen LogP contribution in [0.2, 0.25) is 0 Å². The first-order chi connectivity index (χ1) is 3.27. The molecule has 0 aromatic carbocycles. The van der Waals surface area contributed by atoms with Crippen LogP contribution in [0.1, 0.15) is 0 Å². The number of thiol groups is 1. The maximum absolute atomic E-state index is 9.51. The molecule has 0 spiro atoms. The average molecular weight is 169 g/mol. The van der Waals surface area contributed by atoms with Gasteiger partial charge < -0.3 is 0 Å². The molecular weight excluding hydrogens is 163 g/mol. The second-order valence-corrected chi connectivity index (χ2v) is 1.83. The van der Waals surface area contributed by atoms with Crippen LogP contribution < -0.4 is 0 Å². The summed E-state index contributed by atoms with van der Waals surface area (Å²) >= 11 is 5.05. The van der Waals surface area contributed by atoms with Crippen molar-refractivity contribution < 1.29 is 12.6 Å². The van der Waals surface area contributed by atoms with Gasteiger partial charge in [0.25, 0.3) is 11.0 Å². The molecule has 0 saturated heterocycles. The first kappa shape index (κ1) is 11.9. The van der Waals surface area contributed by atoms with E-state index in [1.165, 1.54) is 0 Å². The predicted octanol–water partition coefficient (Wildman–Crippen LogP) is -0.880. The van der Waals surface area contributed by atoms with Crippen molar-refractivity contribution in [3.8, 4) is 0 Å². The van der Waals surface area contributed by atoms with Crippen LogP contribution in [0.4, 0.5) is 0 Å². The van der Waals surface area contributed by atoms with Gasteiger partial charge in [0.1, 0.15) is 0 Å². The van der Waals surface area contributed by atoms with Crippen LogP contribution in [0.3, 0.4) is 0 Å². The van der Waals surface area contributed by atoms with Gasteiger partial charge in [-0.05, 0) is 0 Å². The summed E-state index contributed by atoms with van der Waals surface area (Å²) < 4.78 is 23.0. The van der Waals surface area contributed by atoms with Crippen molar-refractivity contribution in [1.82, 2.24) is 0 Å². The molecule has 0 aliphatic rings. The Kier molecular flexibility index (Phi) is 12.2. The Morgan fingerprint density at radius 3 is 2.12 bits per heavy atom. The second-order valence-electron chi connectivity index (χ2n) is 0.746. The Balaban J connectivity index is 0. The van der Waals surface area contributed by atoms with Crippen LogP contribution in [0, 0.1) is 0 Å². The van der Waals surface area contributed by atoms with E-state index in [1.54, 1.807) is 0 Å². The zero-order valence-corrected chi connectivity index (χ0v) is 5.11. The molecule has 46 valence electrons. The van der Waals surface area contributed by atoms with Crippen LogP contribution >= 0.6 is 11.6 Å². The van der Waals surface area contributed by atoms with Crippen molar-refractivity contribution in [2.45, 2.75) is 0 Å². The van der Waals surface area contributed by atoms with Gasteiger partial charge in [0.15, 0.2) is 0 Å². The van der Waals surface area contributed by atoms with Crippen molar-refractivity contribution in [3.63, 3.8) is 0 Å². The molecule has 0 atom stereocenters. The topological polar surface area (TPSA) is 43.4 Å². The van der Waals surface area contributed by atoms with Gasteiger partial charge in [-0.3, -0.25) is 4.18 Å².